The van der Waals surface area contributed by atoms with Crippen molar-refractivity contribution in [3.63, 3.8) is 0 Å². The molecule has 1 unspecified atom stereocenters. The van der Waals surface area contributed by atoms with Gasteiger partial charge in [0, 0.05) is 42.7 Å². The quantitative estimate of drug-likeness (QED) is 0.566. The van der Waals surface area contributed by atoms with Gasteiger partial charge in [0.05, 0.1) is 11.1 Å². The number of pyridine rings is 1. The Labute approximate surface area is 183 Å². The van der Waals surface area contributed by atoms with Gasteiger partial charge in [0.1, 0.15) is 12.6 Å². The summed E-state index contributed by atoms with van der Waals surface area (Å²) in [6.45, 7) is 1.16. The summed E-state index contributed by atoms with van der Waals surface area (Å²) in [7, 11) is 0. The molecule has 1 aliphatic rings. The second-order valence-corrected chi connectivity index (χ2v) is 7.50. The summed E-state index contributed by atoms with van der Waals surface area (Å²) in [6, 6.07) is 6.76. The SMILES string of the molecule is OC(/C=C\n1cnc(-c2cc(C(F)(F)F)cc(C(F)(F)F)c2)n1)N1CC(c2ccccn2)C1. The highest BCUT2D eigenvalue weighted by molar-refractivity contribution is 5.58. The molecule has 12 heteroatoms. The maximum absolute atomic E-state index is 13.1. The molecular weight excluding hydrogens is 452 g/mol. The highest BCUT2D eigenvalue weighted by Gasteiger charge is 2.37. The van der Waals surface area contributed by atoms with Crippen molar-refractivity contribution in [3.8, 4) is 11.4 Å². The fourth-order valence-corrected chi connectivity index (χ4v) is 3.38. The Morgan fingerprint density at radius 3 is 2.21 bits per heavy atom. The third-order valence-electron chi connectivity index (χ3n) is 5.16. The Balaban J connectivity index is 1.46. The van der Waals surface area contributed by atoms with Crippen molar-refractivity contribution in [3.05, 3.63) is 71.8 Å². The molecule has 1 aromatic carbocycles. The van der Waals surface area contributed by atoms with Crippen molar-refractivity contribution < 1.29 is 31.4 Å². The van der Waals surface area contributed by atoms with Crippen LogP contribution in [0.4, 0.5) is 26.3 Å². The number of benzene rings is 1. The van der Waals surface area contributed by atoms with Gasteiger partial charge in [-0.15, -0.1) is 5.10 Å². The Bertz CT molecular complexity index is 1100. The maximum Gasteiger partial charge on any atom is 0.416 e. The van der Waals surface area contributed by atoms with Crippen molar-refractivity contribution in [1.82, 2.24) is 24.6 Å². The fraction of sp³-hybridized carbons (Fsp3) is 0.286. The lowest BCUT2D eigenvalue weighted by Crippen LogP contribution is -2.50. The Kier molecular flexibility index (Phi) is 5.97. The van der Waals surface area contributed by atoms with E-state index < -0.39 is 35.3 Å². The van der Waals surface area contributed by atoms with Gasteiger partial charge in [0.2, 0.25) is 0 Å². The van der Waals surface area contributed by atoms with Gasteiger partial charge in [-0.05, 0) is 36.4 Å². The Morgan fingerprint density at radius 1 is 0.970 bits per heavy atom. The average molecular weight is 469 g/mol. The first kappa shape index (κ1) is 22.9. The smallest absolute Gasteiger partial charge is 0.375 e. The first-order chi connectivity index (χ1) is 15.5. The van der Waals surface area contributed by atoms with E-state index in [1.165, 1.54) is 12.3 Å². The van der Waals surface area contributed by atoms with Crippen LogP contribution in [0.25, 0.3) is 17.6 Å². The van der Waals surface area contributed by atoms with E-state index >= 15 is 0 Å². The summed E-state index contributed by atoms with van der Waals surface area (Å²) in [5.41, 5.74) is -2.40. The first-order valence-electron chi connectivity index (χ1n) is 9.73. The largest absolute Gasteiger partial charge is 0.416 e. The number of alkyl halides is 6. The molecule has 0 radical (unpaired) electrons. The number of aliphatic hydroxyl groups is 1. The van der Waals surface area contributed by atoms with Gasteiger partial charge in [0.25, 0.3) is 0 Å². The van der Waals surface area contributed by atoms with Crippen molar-refractivity contribution in [2.24, 2.45) is 0 Å². The summed E-state index contributed by atoms with van der Waals surface area (Å²) in [6.07, 6.45) is -5.35. The molecule has 6 nitrogen and oxygen atoms in total. The van der Waals surface area contributed by atoms with Crippen molar-refractivity contribution in [1.29, 1.82) is 0 Å². The van der Waals surface area contributed by atoms with Crippen LogP contribution < -0.4 is 0 Å². The number of halogens is 6. The van der Waals surface area contributed by atoms with E-state index in [0.717, 1.165) is 16.7 Å². The number of nitrogens with zero attached hydrogens (tertiary/aromatic N) is 5. The zero-order valence-corrected chi connectivity index (χ0v) is 16.8. The van der Waals surface area contributed by atoms with Crippen molar-refractivity contribution >= 4 is 6.20 Å². The van der Waals surface area contributed by atoms with E-state index in [9.17, 15) is 31.4 Å². The number of likely N-dealkylation sites (tertiary alicyclic amines) is 1. The van der Waals surface area contributed by atoms with Crippen LogP contribution in [0, 0.1) is 0 Å². The summed E-state index contributed by atoms with van der Waals surface area (Å²) in [5.74, 6) is -0.124. The average Bonchev–Trinajstić information content (AvgIpc) is 3.19. The second-order valence-electron chi connectivity index (χ2n) is 7.50. The zero-order chi connectivity index (χ0) is 23.8. The van der Waals surface area contributed by atoms with Crippen molar-refractivity contribution in [2.75, 3.05) is 13.1 Å². The fourth-order valence-electron chi connectivity index (χ4n) is 3.38. The number of hydrogen-bond acceptors (Lipinski definition) is 5. The molecule has 4 rings (SSSR count). The number of hydrogen-bond donors (Lipinski definition) is 1. The van der Waals surface area contributed by atoms with Gasteiger partial charge in [-0.25, -0.2) is 9.67 Å². The molecular formula is C21H17F6N5O. The molecule has 1 aliphatic heterocycles. The molecule has 1 N–H and O–H groups in total. The van der Waals surface area contributed by atoms with E-state index in [1.54, 1.807) is 11.1 Å². The predicted molar refractivity (Wildman–Crippen MR) is 105 cm³/mol. The molecule has 0 amide bonds. The van der Waals surface area contributed by atoms with Crippen LogP contribution in [0.3, 0.4) is 0 Å². The van der Waals surface area contributed by atoms with Gasteiger partial charge >= 0.3 is 12.4 Å². The molecule has 33 heavy (non-hydrogen) atoms. The van der Waals surface area contributed by atoms with Crippen LogP contribution in [0.15, 0.2) is 55.0 Å². The molecule has 1 atom stereocenters. The molecule has 1 fully saturated rings. The van der Waals surface area contributed by atoms with E-state index in [1.807, 2.05) is 18.2 Å². The molecule has 0 bridgehead atoms. The Hall–Kier alpha value is -3.25. The minimum Gasteiger partial charge on any atom is -0.375 e. The minimum atomic E-state index is -4.97. The highest BCUT2D eigenvalue weighted by atomic mass is 19.4. The van der Waals surface area contributed by atoms with Crippen LogP contribution in [0.1, 0.15) is 22.7 Å². The van der Waals surface area contributed by atoms with Crippen LogP contribution in [0.5, 0.6) is 0 Å². The molecule has 3 heterocycles. The Morgan fingerprint density at radius 2 is 1.64 bits per heavy atom. The lowest BCUT2D eigenvalue weighted by molar-refractivity contribution is -0.143. The van der Waals surface area contributed by atoms with E-state index in [-0.39, 0.29) is 17.8 Å². The van der Waals surface area contributed by atoms with Gasteiger partial charge in [-0.2, -0.15) is 26.3 Å². The normalized spacial score (nSPS) is 16.8. The minimum absolute atomic E-state index is 0.0437. The van der Waals surface area contributed by atoms with Crippen LogP contribution in [-0.2, 0) is 12.4 Å². The highest BCUT2D eigenvalue weighted by Crippen LogP contribution is 2.38. The van der Waals surface area contributed by atoms with E-state index in [2.05, 4.69) is 15.1 Å². The molecule has 174 valence electrons. The molecule has 0 spiro atoms. The predicted octanol–water partition coefficient (Wildman–Crippen LogP) is 4.27. The standard InChI is InChI=1S/C21H17F6N5O/c22-20(23,24)15-7-13(8-16(9-15)21(25,26)27)19-29-12-32(30-19)6-4-18(33)31-10-14(11-31)17-3-1-2-5-28-17/h1-9,12,14,18,33H,10-11H2/b6-4-. The lowest BCUT2D eigenvalue weighted by Gasteiger charge is -2.40. The number of aromatic nitrogens is 4. The van der Waals surface area contributed by atoms with E-state index in [4.69, 9.17) is 0 Å². The van der Waals surface area contributed by atoms with E-state index in [0.29, 0.717) is 25.2 Å². The molecule has 2 aromatic heterocycles. The molecule has 1 saturated heterocycles. The van der Waals surface area contributed by atoms with Gasteiger partial charge in [0.15, 0.2) is 5.82 Å². The molecule has 0 aliphatic carbocycles. The summed E-state index contributed by atoms with van der Waals surface area (Å²) >= 11 is 0. The van der Waals surface area contributed by atoms with Crippen LogP contribution in [0.2, 0.25) is 0 Å². The number of rotatable bonds is 5. The monoisotopic (exact) mass is 469 g/mol. The second kappa shape index (κ2) is 8.60. The first-order valence-corrected chi connectivity index (χ1v) is 9.73. The summed E-state index contributed by atoms with van der Waals surface area (Å²) in [5, 5.41) is 14.2. The molecule has 0 saturated carbocycles. The van der Waals surface area contributed by atoms with Crippen LogP contribution in [-0.4, -0.2) is 49.1 Å². The van der Waals surface area contributed by atoms with Gasteiger partial charge in [-0.1, -0.05) is 6.07 Å². The van der Waals surface area contributed by atoms with Gasteiger partial charge in [-0.3, -0.25) is 9.88 Å². The maximum atomic E-state index is 13.1. The zero-order valence-electron chi connectivity index (χ0n) is 16.8. The third-order valence-corrected chi connectivity index (χ3v) is 5.16. The summed E-state index contributed by atoms with van der Waals surface area (Å²) < 4.78 is 79.4. The van der Waals surface area contributed by atoms with Crippen molar-refractivity contribution in [2.45, 2.75) is 24.5 Å². The molecule has 3 aromatic rings. The third kappa shape index (κ3) is 5.22. The number of aliphatic hydroxyl groups excluding tert-OH is 1. The topological polar surface area (TPSA) is 67.1 Å². The summed E-state index contributed by atoms with van der Waals surface area (Å²) in [4.78, 5) is 9.84. The van der Waals surface area contributed by atoms with Crippen LogP contribution >= 0.6 is 0 Å². The van der Waals surface area contributed by atoms with Gasteiger partial charge < -0.3 is 5.11 Å². The lowest BCUT2D eigenvalue weighted by atomic mass is 9.95.